The van der Waals surface area contributed by atoms with Crippen molar-refractivity contribution in [1.82, 2.24) is 0 Å². The largest absolute Gasteiger partial charge is 0.224 e. The molecule has 0 fully saturated rings. The molecule has 0 saturated heterocycles. The van der Waals surface area contributed by atoms with Crippen molar-refractivity contribution >= 4 is 9.84 Å². The average molecular weight is 236 g/mol. The van der Waals surface area contributed by atoms with E-state index in [4.69, 9.17) is 0 Å². The summed E-state index contributed by atoms with van der Waals surface area (Å²) in [5, 5.41) is 0. The minimum Gasteiger partial charge on any atom is -0.224 e. The minimum absolute atomic E-state index is 0.243. The highest BCUT2D eigenvalue weighted by atomic mass is 32.2. The van der Waals surface area contributed by atoms with Crippen LogP contribution in [0.5, 0.6) is 0 Å². The SMILES string of the molecule is CC.CCS(=O)(=O)c1cc(F)ccc1F. The molecule has 0 aliphatic rings. The molecule has 0 radical (unpaired) electrons. The molecule has 15 heavy (non-hydrogen) atoms. The third-order valence-corrected chi connectivity index (χ3v) is 3.35. The van der Waals surface area contributed by atoms with E-state index in [2.05, 4.69) is 0 Å². The summed E-state index contributed by atoms with van der Waals surface area (Å²) in [5.41, 5.74) is 0. The van der Waals surface area contributed by atoms with E-state index in [0.29, 0.717) is 6.07 Å². The van der Waals surface area contributed by atoms with E-state index < -0.39 is 26.4 Å². The molecular formula is C10H14F2O2S. The number of hydrogen-bond acceptors (Lipinski definition) is 2. The van der Waals surface area contributed by atoms with Gasteiger partial charge in [-0.05, 0) is 18.2 Å². The molecule has 0 amide bonds. The van der Waals surface area contributed by atoms with Gasteiger partial charge in [-0.25, -0.2) is 17.2 Å². The highest BCUT2D eigenvalue weighted by Crippen LogP contribution is 2.16. The fourth-order valence-corrected chi connectivity index (χ4v) is 1.84. The van der Waals surface area contributed by atoms with Gasteiger partial charge in [-0.2, -0.15) is 0 Å². The van der Waals surface area contributed by atoms with Gasteiger partial charge in [0.1, 0.15) is 16.5 Å². The van der Waals surface area contributed by atoms with Gasteiger partial charge in [-0.15, -0.1) is 0 Å². The molecule has 1 aromatic carbocycles. The minimum atomic E-state index is -3.67. The van der Waals surface area contributed by atoms with E-state index in [0.717, 1.165) is 12.1 Å². The Bertz CT molecular complexity index is 413. The van der Waals surface area contributed by atoms with Crippen molar-refractivity contribution in [2.45, 2.75) is 25.7 Å². The zero-order valence-electron chi connectivity index (χ0n) is 8.92. The van der Waals surface area contributed by atoms with Crippen LogP contribution in [0.25, 0.3) is 0 Å². The molecule has 1 aromatic rings. The Morgan fingerprint density at radius 2 is 1.73 bits per heavy atom. The Labute approximate surface area is 88.9 Å². The normalized spacial score (nSPS) is 10.5. The Morgan fingerprint density at radius 1 is 1.20 bits per heavy atom. The highest BCUT2D eigenvalue weighted by Gasteiger charge is 2.17. The summed E-state index contributed by atoms with van der Waals surface area (Å²) >= 11 is 0. The Balaban J connectivity index is 0.000000921. The molecule has 0 aliphatic carbocycles. The van der Waals surface area contributed by atoms with Gasteiger partial charge in [0, 0.05) is 0 Å². The molecule has 0 N–H and O–H groups in total. The lowest BCUT2D eigenvalue weighted by atomic mass is 10.3. The Kier molecular flexibility index (Phi) is 5.43. The molecule has 86 valence electrons. The summed E-state index contributed by atoms with van der Waals surface area (Å²) in [6.07, 6.45) is 0. The Hall–Kier alpha value is -0.970. The third-order valence-electron chi connectivity index (χ3n) is 1.61. The summed E-state index contributed by atoms with van der Waals surface area (Å²) in [6, 6.07) is 2.37. The second-order valence-corrected chi connectivity index (χ2v) is 4.72. The fraction of sp³-hybridized carbons (Fsp3) is 0.400. The van der Waals surface area contributed by atoms with E-state index in [9.17, 15) is 17.2 Å². The molecular weight excluding hydrogens is 222 g/mol. The van der Waals surface area contributed by atoms with Gasteiger partial charge in [0.05, 0.1) is 5.75 Å². The number of hydrogen-bond donors (Lipinski definition) is 0. The van der Waals surface area contributed by atoms with Crippen LogP contribution >= 0.6 is 0 Å². The first-order valence-corrected chi connectivity index (χ1v) is 6.30. The smallest absolute Gasteiger partial charge is 0.181 e. The second-order valence-electron chi connectivity index (χ2n) is 2.48. The molecule has 0 atom stereocenters. The average Bonchev–Trinajstić information content (AvgIpc) is 2.24. The second kappa shape index (κ2) is 5.80. The van der Waals surface area contributed by atoms with Gasteiger partial charge in [0.15, 0.2) is 9.84 Å². The number of halogens is 2. The van der Waals surface area contributed by atoms with E-state index >= 15 is 0 Å². The molecule has 2 nitrogen and oxygen atoms in total. The lowest BCUT2D eigenvalue weighted by Gasteiger charge is -2.02. The first-order valence-electron chi connectivity index (χ1n) is 4.65. The lowest BCUT2D eigenvalue weighted by molar-refractivity contribution is 0.554. The van der Waals surface area contributed by atoms with Gasteiger partial charge in [-0.1, -0.05) is 20.8 Å². The van der Waals surface area contributed by atoms with Crippen molar-refractivity contribution in [3.05, 3.63) is 29.8 Å². The topological polar surface area (TPSA) is 34.1 Å². The number of rotatable bonds is 2. The van der Waals surface area contributed by atoms with Crippen LogP contribution in [0.15, 0.2) is 23.1 Å². The van der Waals surface area contributed by atoms with Crippen LogP contribution in [0.1, 0.15) is 20.8 Å². The van der Waals surface area contributed by atoms with Crippen molar-refractivity contribution in [3.8, 4) is 0 Å². The first-order chi connectivity index (χ1) is 6.97. The zero-order chi connectivity index (χ0) is 12.1. The van der Waals surface area contributed by atoms with Gasteiger partial charge in [-0.3, -0.25) is 0 Å². The van der Waals surface area contributed by atoms with Crippen molar-refractivity contribution in [2.75, 3.05) is 5.75 Å². The standard InChI is InChI=1S/C8H8F2O2S.C2H6/c1-2-13(11,12)8-5-6(9)3-4-7(8)10;1-2/h3-5H,2H2,1H3;1-2H3. The highest BCUT2D eigenvalue weighted by molar-refractivity contribution is 7.91. The first kappa shape index (κ1) is 14.0. The van der Waals surface area contributed by atoms with E-state index in [1.54, 1.807) is 0 Å². The summed E-state index contributed by atoms with van der Waals surface area (Å²) in [4.78, 5) is -0.574. The van der Waals surface area contributed by atoms with E-state index in [-0.39, 0.29) is 5.75 Å². The van der Waals surface area contributed by atoms with Crippen molar-refractivity contribution in [2.24, 2.45) is 0 Å². The van der Waals surface area contributed by atoms with Crippen LogP contribution < -0.4 is 0 Å². The molecule has 0 spiro atoms. The van der Waals surface area contributed by atoms with Gasteiger partial charge in [0.2, 0.25) is 0 Å². The van der Waals surface area contributed by atoms with Crippen LogP contribution in [-0.2, 0) is 9.84 Å². The van der Waals surface area contributed by atoms with Crippen LogP contribution in [0.3, 0.4) is 0 Å². The maximum Gasteiger partial charge on any atom is 0.181 e. The maximum absolute atomic E-state index is 12.9. The van der Waals surface area contributed by atoms with Crippen LogP contribution in [0.2, 0.25) is 0 Å². The fourth-order valence-electron chi connectivity index (χ4n) is 0.871. The summed E-state index contributed by atoms with van der Waals surface area (Å²) in [6.45, 7) is 5.37. The third kappa shape index (κ3) is 3.58. The van der Waals surface area contributed by atoms with Gasteiger partial charge < -0.3 is 0 Å². The zero-order valence-corrected chi connectivity index (χ0v) is 9.74. The van der Waals surface area contributed by atoms with Crippen molar-refractivity contribution < 1.29 is 17.2 Å². The predicted octanol–water partition coefficient (Wildman–Crippen LogP) is 2.78. The molecule has 0 unspecified atom stereocenters. The molecule has 0 aromatic heterocycles. The molecule has 0 aliphatic heterocycles. The van der Waals surface area contributed by atoms with Crippen molar-refractivity contribution in [3.63, 3.8) is 0 Å². The van der Waals surface area contributed by atoms with Crippen molar-refractivity contribution in [1.29, 1.82) is 0 Å². The number of sulfone groups is 1. The molecule has 0 saturated carbocycles. The summed E-state index contributed by atoms with van der Waals surface area (Å²) in [7, 11) is -3.67. The molecule has 0 heterocycles. The lowest BCUT2D eigenvalue weighted by Crippen LogP contribution is -2.06. The van der Waals surface area contributed by atoms with Gasteiger partial charge >= 0.3 is 0 Å². The predicted molar refractivity (Wildman–Crippen MR) is 55.4 cm³/mol. The van der Waals surface area contributed by atoms with E-state index in [1.165, 1.54) is 6.92 Å². The number of benzene rings is 1. The molecule has 0 bridgehead atoms. The maximum atomic E-state index is 12.9. The van der Waals surface area contributed by atoms with Crippen LogP contribution in [-0.4, -0.2) is 14.2 Å². The van der Waals surface area contributed by atoms with Crippen LogP contribution in [0.4, 0.5) is 8.78 Å². The van der Waals surface area contributed by atoms with E-state index in [1.807, 2.05) is 13.8 Å². The Morgan fingerprint density at radius 3 is 2.20 bits per heavy atom. The van der Waals surface area contributed by atoms with Crippen LogP contribution in [0, 0.1) is 11.6 Å². The summed E-state index contributed by atoms with van der Waals surface area (Å²) in [5.74, 6) is -1.91. The quantitative estimate of drug-likeness (QED) is 0.791. The summed E-state index contributed by atoms with van der Waals surface area (Å²) < 4.78 is 47.8. The molecule has 1 rings (SSSR count). The monoisotopic (exact) mass is 236 g/mol. The molecule has 5 heteroatoms. The van der Waals surface area contributed by atoms with Gasteiger partial charge in [0.25, 0.3) is 0 Å².